The smallest absolute Gasteiger partial charge is 0.322 e. The maximum Gasteiger partial charge on any atom is 0.322 e. The quantitative estimate of drug-likeness (QED) is 0.878. The molecule has 0 radical (unpaired) electrons. The Kier molecular flexibility index (Phi) is 4.50. The first-order valence-corrected chi connectivity index (χ1v) is 9.52. The molecule has 1 saturated heterocycles. The van der Waals surface area contributed by atoms with Crippen LogP contribution in [0.25, 0.3) is 0 Å². The van der Waals surface area contributed by atoms with Crippen LogP contribution in [0.15, 0.2) is 29.8 Å². The highest BCUT2D eigenvalue weighted by atomic mass is 32.1. The van der Waals surface area contributed by atoms with Gasteiger partial charge in [0.1, 0.15) is 10.8 Å². The first-order chi connectivity index (χ1) is 12.6. The Labute approximate surface area is 155 Å². The number of rotatable bonds is 2. The number of urea groups is 1. The summed E-state index contributed by atoms with van der Waals surface area (Å²) in [5, 5.41) is 5.88. The van der Waals surface area contributed by atoms with Gasteiger partial charge in [0.15, 0.2) is 6.61 Å². The molecule has 1 atom stereocenters. The van der Waals surface area contributed by atoms with Crippen LogP contribution in [-0.4, -0.2) is 42.0 Å². The highest BCUT2D eigenvalue weighted by Crippen LogP contribution is 2.35. The number of nitrogens with one attached hydrogen (secondary N) is 1. The average molecular weight is 372 g/mol. The van der Waals surface area contributed by atoms with E-state index in [1.165, 1.54) is 0 Å². The second-order valence-electron chi connectivity index (χ2n) is 6.43. The second-order valence-corrected chi connectivity index (χ2v) is 7.36. The first kappa shape index (κ1) is 16.8. The number of aromatic nitrogens is 1. The molecule has 0 spiro atoms. The van der Waals surface area contributed by atoms with Gasteiger partial charge >= 0.3 is 6.03 Å². The topological polar surface area (TPSA) is 74.8 Å². The number of piperidine rings is 1. The zero-order valence-electron chi connectivity index (χ0n) is 14.5. The van der Waals surface area contributed by atoms with Crippen molar-refractivity contribution in [1.82, 2.24) is 9.88 Å². The van der Waals surface area contributed by atoms with Gasteiger partial charge in [-0.1, -0.05) is 0 Å². The van der Waals surface area contributed by atoms with Crippen molar-refractivity contribution < 1.29 is 14.3 Å². The summed E-state index contributed by atoms with van der Waals surface area (Å²) < 4.78 is 5.43. The molecule has 2 aliphatic heterocycles. The minimum absolute atomic E-state index is 0.0222. The van der Waals surface area contributed by atoms with E-state index in [4.69, 9.17) is 4.74 Å². The number of carbonyl (C=O) groups excluding carboxylic acids is 2. The number of hydrogen-bond acceptors (Lipinski definition) is 5. The molecule has 4 rings (SSSR count). The van der Waals surface area contributed by atoms with Crippen LogP contribution in [0.4, 0.5) is 16.2 Å². The first-order valence-electron chi connectivity index (χ1n) is 8.64. The molecule has 26 heavy (non-hydrogen) atoms. The molecule has 2 aliphatic rings. The van der Waals surface area contributed by atoms with E-state index in [0.29, 0.717) is 23.7 Å². The van der Waals surface area contributed by atoms with E-state index < -0.39 is 0 Å². The molecule has 0 aliphatic carbocycles. The summed E-state index contributed by atoms with van der Waals surface area (Å²) in [6.45, 7) is 0.751. The van der Waals surface area contributed by atoms with Crippen molar-refractivity contribution in [3.8, 4) is 5.75 Å². The van der Waals surface area contributed by atoms with E-state index in [1.54, 1.807) is 47.7 Å². The Morgan fingerprint density at radius 3 is 3.08 bits per heavy atom. The number of hydrogen-bond donors (Lipinski definition) is 1. The third kappa shape index (κ3) is 3.12. The number of benzene rings is 1. The molecular formula is C18H20N4O3S. The average Bonchev–Trinajstić information content (AvgIpc) is 3.20. The fourth-order valence-electron chi connectivity index (χ4n) is 3.38. The van der Waals surface area contributed by atoms with E-state index in [-0.39, 0.29) is 24.6 Å². The summed E-state index contributed by atoms with van der Waals surface area (Å²) in [6, 6.07) is 5.22. The Morgan fingerprint density at radius 2 is 2.27 bits per heavy atom. The van der Waals surface area contributed by atoms with Gasteiger partial charge < -0.3 is 19.9 Å². The molecule has 0 bridgehead atoms. The second kappa shape index (κ2) is 6.95. The fourth-order valence-corrected chi connectivity index (χ4v) is 4.16. The molecule has 0 saturated carbocycles. The molecule has 136 valence electrons. The summed E-state index contributed by atoms with van der Waals surface area (Å²) in [5.74, 6) is 0.532. The molecule has 1 fully saturated rings. The Bertz CT molecular complexity index is 824. The van der Waals surface area contributed by atoms with Crippen LogP contribution in [0.5, 0.6) is 5.75 Å². The molecule has 1 aromatic carbocycles. The normalized spacial score (nSPS) is 19.7. The van der Waals surface area contributed by atoms with Crippen molar-refractivity contribution in [2.45, 2.75) is 25.3 Å². The van der Waals surface area contributed by atoms with Crippen LogP contribution >= 0.6 is 11.3 Å². The number of ether oxygens (including phenoxy) is 1. The molecule has 7 nitrogen and oxygen atoms in total. The zero-order chi connectivity index (χ0) is 18.1. The van der Waals surface area contributed by atoms with Crippen molar-refractivity contribution in [3.05, 3.63) is 34.8 Å². The minimum Gasteiger partial charge on any atom is -0.482 e. The predicted molar refractivity (Wildman–Crippen MR) is 99.8 cm³/mol. The van der Waals surface area contributed by atoms with Gasteiger partial charge in [-0.15, -0.1) is 11.3 Å². The Balaban J connectivity index is 1.53. The maximum atomic E-state index is 12.9. The van der Waals surface area contributed by atoms with Crippen LogP contribution in [0.3, 0.4) is 0 Å². The van der Waals surface area contributed by atoms with Crippen LogP contribution in [-0.2, 0) is 4.79 Å². The van der Waals surface area contributed by atoms with E-state index in [9.17, 15) is 9.59 Å². The van der Waals surface area contributed by atoms with Crippen molar-refractivity contribution in [2.24, 2.45) is 0 Å². The third-order valence-electron chi connectivity index (χ3n) is 4.80. The number of carbonyl (C=O) groups is 2. The highest BCUT2D eigenvalue weighted by molar-refractivity contribution is 7.09. The lowest BCUT2D eigenvalue weighted by Crippen LogP contribution is -2.41. The number of amides is 3. The molecule has 0 unspecified atom stereocenters. The van der Waals surface area contributed by atoms with Crippen molar-refractivity contribution >= 4 is 34.6 Å². The van der Waals surface area contributed by atoms with E-state index in [1.807, 2.05) is 10.3 Å². The van der Waals surface area contributed by atoms with Gasteiger partial charge in [0.05, 0.1) is 11.7 Å². The molecule has 3 heterocycles. The van der Waals surface area contributed by atoms with Crippen molar-refractivity contribution in [2.75, 3.05) is 30.4 Å². The monoisotopic (exact) mass is 372 g/mol. The Morgan fingerprint density at radius 1 is 1.38 bits per heavy atom. The number of fused-ring (bicyclic) bond motifs is 1. The van der Waals surface area contributed by atoms with Crippen LogP contribution in [0, 0.1) is 0 Å². The number of likely N-dealkylation sites (tertiary alicyclic amines) is 1. The largest absolute Gasteiger partial charge is 0.482 e. The van der Waals surface area contributed by atoms with Crippen LogP contribution < -0.4 is 15.0 Å². The molecule has 1 N–H and O–H groups in total. The van der Waals surface area contributed by atoms with E-state index in [0.717, 1.165) is 24.3 Å². The van der Waals surface area contributed by atoms with Crippen molar-refractivity contribution in [1.29, 1.82) is 0 Å². The molecule has 2 aromatic rings. The number of thiazole rings is 1. The summed E-state index contributed by atoms with van der Waals surface area (Å²) in [7, 11) is 1.71. The van der Waals surface area contributed by atoms with E-state index >= 15 is 0 Å². The summed E-state index contributed by atoms with van der Waals surface area (Å²) in [6.07, 6.45) is 4.79. The summed E-state index contributed by atoms with van der Waals surface area (Å²) in [5.41, 5.74) is 1.30. The van der Waals surface area contributed by atoms with Crippen LogP contribution in [0.2, 0.25) is 0 Å². The molecule has 1 aromatic heterocycles. The van der Waals surface area contributed by atoms with Gasteiger partial charge in [-0.05, 0) is 37.5 Å². The third-order valence-corrected chi connectivity index (χ3v) is 5.67. The lowest BCUT2D eigenvalue weighted by molar-refractivity contribution is -0.120. The number of nitrogens with zero attached hydrogens (tertiary/aromatic N) is 3. The Hall–Kier alpha value is -2.61. The van der Waals surface area contributed by atoms with Gasteiger partial charge in [-0.2, -0.15) is 0 Å². The van der Waals surface area contributed by atoms with Gasteiger partial charge in [0.2, 0.25) is 0 Å². The van der Waals surface area contributed by atoms with Crippen LogP contribution in [0.1, 0.15) is 30.3 Å². The molecule has 8 heteroatoms. The lowest BCUT2D eigenvalue weighted by atomic mass is 10.0. The van der Waals surface area contributed by atoms with Gasteiger partial charge in [0, 0.05) is 30.9 Å². The van der Waals surface area contributed by atoms with Crippen molar-refractivity contribution in [3.63, 3.8) is 0 Å². The molecule has 3 amide bonds. The fraction of sp³-hybridized carbons (Fsp3) is 0.389. The summed E-state index contributed by atoms with van der Waals surface area (Å²) in [4.78, 5) is 32.5. The number of likely N-dealkylation sites (N-methyl/N-ethyl adjacent to an activating group) is 1. The summed E-state index contributed by atoms with van der Waals surface area (Å²) >= 11 is 1.58. The minimum atomic E-state index is -0.143. The van der Waals surface area contributed by atoms with Gasteiger partial charge in [-0.25, -0.2) is 9.78 Å². The maximum absolute atomic E-state index is 12.9. The van der Waals surface area contributed by atoms with Gasteiger partial charge in [-0.3, -0.25) is 4.79 Å². The lowest BCUT2D eigenvalue weighted by Gasteiger charge is -2.34. The van der Waals surface area contributed by atoms with Gasteiger partial charge in [0.25, 0.3) is 5.91 Å². The highest BCUT2D eigenvalue weighted by Gasteiger charge is 2.30. The van der Waals surface area contributed by atoms with E-state index in [2.05, 4.69) is 10.3 Å². The standard InChI is InChI=1S/C18H20N4O3S/c1-21-14-10-12(5-6-15(14)25-11-16(21)23)20-18(24)22-8-3-2-4-13(22)17-19-7-9-26-17/h5-7,9-10,13H,2-4,8,11H2,1H3,(H,20,24)/t13-/m1/s1. The predicted octanol–water partition coefficient (Wildman–Crippen LogP) is 3.26. The zero-order valence-corrected chi connectivity index (χ0v) is 15.3. The SMILES string of the molecule is CN1C(=O)COc2ccc(NC(=O)N3CCCC[C@@H]3c3nccs3)cc21. The molecular weight excluding hydrogens is 352 g/mol. The number of anilines is 2.